The van der Waals surface area contributed by atoms with Crippen molar-refractivity contribution in [1.82, 2.24) is 5.32 Å². The summed E-state index contributed by atoms with van der Waals surface area (Å²) in [6.45, 7) is 3.60. The second-order valence-corrected chi connectivity index (χ2v) is 2.66. The van der Waals surface area contributed by atoms with Crippen LogP contribution >= 0.6 is 12.2 Å². The van der Waals surface area contributed by atoms with Gasteiger partial charge in [-0.3, -0.25) is 4.79 Å². The van der Waals surface area contributed by atoms with Crippen LogP contribution in [0.5, 0.6) is 0 Å². The van der Waals surface area contributed by atoms with Gasteiger partial charge in [-0.25, -0.2) is 4.99 Å². The molecular weight excluding hydrogens is 148 g/mol. The third kappa shape index (κ3) is 1.21. The van der Waals surface area contributed by atoms with Gasteiger partial charge in [0.2, 0.25) is 5.91 Å². The molecule has 1 atom stereocenters. The van der Waals surface area contributed by atoms with Crippen LogP contribution in [0.3, 0.4) is 0 Å². The highest BCUT2D eigenvalue weighted by atomic mass is 32.1. The lowest BCUT2D eigenvalue weighted by molar-refractivity contribution is -0.121. The molecule has 1 unspecified atom stereocenters. The van der Waals surface area contributed by atoms with Crippen LogP contribution in [-0.2, 0) is 4.79 Å². The molecule has 0 aromatic carbocycles. The molecule has 3 nitrogen and oxygen atoms in total. The Morgan fingerprint density at radius 3 is 2.80 bits per heavy atom. The zero-order chi connectivity index (χ0) is 7.72. The van der Waals surface area contributed by atoms with Gasteiger partial charge in [0.25, 0.3) is 0 Å². The third-order valence-electron chi connectivity index (χ3n) is 1.53. The van der Waals surface area contributed by atoms with Gasteiger partial charge in [0.05, 0.1) is 5.92 Å². The van der Waals surface area contributed by atoms with E-state index in [0.717, 1.165) is 5.71 Å². The highest BCUT2D eigenvalue weighted by molar-refractivity contribution is 7.80. The number of carbonyl (C=O) groups is 1. The third-order valence-corrected chi connectivity index (χ3v) is 1.72. The fourth-order valence-corrected chi connectivity index (χ4v) is 0.933. The van der Waals surface area contributed by atoms with E-state index in [2.05, 4.69) is 10.3 Å². The van der Waals surface area contributed by atoms with Gasteiger partial charge in [-0.1, -0.05) is 0 Å². The van der Waals surface area contributed by atoms with Crippen LogP contribution in [0.15, 0.2) is 4.99 Å². The summed E-state index contributed by atoms with van der Waals surface area (Å²) in [6, 6.07) is 0. The average Bonchev–Trinajstić information content (AvgIpc) is 1.82. The minimum Gasteiger partial charge on any atom is -0.301 e. The van der Waals surface area contributed by atoms with Crippen molar-refractivity contribution >= 4 is 28.9 Å². The molecule has 0 aromatic heterocycles. The minimum atomic E-state index is -0.133. The monoisotopic (exact) mass is 156 g/mol. The van der Waals surface area contributed by atoms with E-state index < -0.39 is 0 Å². The lowest BCUT2D eigenvalue weighted by atomic mass is 10.1. The number of thiocarbonyl (C=S) groups is 1. The molecule has 0 radical (unpaired) electrons. The molecule has 0 saturated carbocycles. The molecule has 1 rings (SSSR count). The van der Waals surface area contributed by atoms with E-state index in [4.69, 9.17) is 12.2 Å². The first kappa shape index (κ1) is 7.34. The highest BCUT2D eigenvalue weighted by Crippen LogP contribution is 2.04. The summed E-state index contributed by atoms with van der Waals surface area (Å²) in [7, 11) is 0. The van der Waals surface area contributed by atoms with Crippen LogP contribution in [0.25, 0.3) is 0 Å². The molecule has 4 heteroatoms. The molecule has 1 amide bonds. The summed E-state index contributed by atoms with van der Waals surface area (Å²) in [5.74, 6) is -0.191. The van der Waals surface area contributed by atoms with Gasteiger partial charge in [-0.2, -0.15) is 0 Å². The van der Waals surface area contributed by atoms with Gasteiger partial charge < -0.3 is 5.32 Å². The Balaban J connectivity index is 2.91. The normalized spacial score (nSPS) is 25.8. The lowest BCUT2D eigenvalue weighted by Crippen LogP contribution is -2.40. The molecule has 1 aliphatic heterocycles. The Bertz CT molecular complexity index is 222. The largest absolute Gasteiger partial charge is 0.301 e. The summed E-state index contributed by atoms with van der Waals surface area (Å²) < 4.78 is 0. The van der Waals surface area contributed by atoms with Crippen molar-refractivity contribution in [2.45, 2.75) is 13.8 Å². The molecule has 1 aliphatic rings. The van der Waals surface area contributed by atoms with Gasteiger partial charge in [-0.05, 0) is 26.1 Å². The molecule has 10 heavy (non-hydrogen) atoms. The van der Waals surface area contributed by atoms with E-state index in [9.17, 15) is 4.79 Å². The van der Waals surface area contributed by atoms with E-state index in [-0.39, 0.29) is 16.9 Å². The number of hydrogen-bond acceptors (Lipinski definition) is 2. The Morgan fingerprint density at radius 1 is 1.70 bits per heavy atom. The van der Waals surface area contributed by atoms with Crippen LogP contribution in [-0.4, -0.2) is 16.7 Å². The fourth-order valence-electron chi connectivity index (χ4n) is 0.688. The Hall–Kier alpha value is -0.770. The minimum absolute atomic E-state index is 0.0579. The molecule has 0 fully saturated rings. The molecule has 0 spiro atoms. The molecule has 0 bridgehead atoms. The number of amides is 1. The van der Waals surface area contributed by atoms with Crippen LogP contribution in [0, 0.1) is 5.92 Å². The van der Waals surface area contributed by atoms with Crippen molar-refractivity contribution in [2.75, 3.05) is 0 Å². The topological polar surface area (TPSA) is 41.5 Å². The zero-order valence-electron chi connectivity index (χ0n) is 5.84. The average molecular weight is 156 g/mol. The summed E-state index contributed by atoms with van der Waals surface area (Å²) in [5, 5.41) is 2.74. The molecular formula is C6H8N2OS. The lowest BCUT2D eigenvalue weighted by Gasteiger charge is -2.16. The van der Waals surface area contributed by atoms with Crippen molar-refractivity contribution in [2.24, 2.45) is 10.9 Å². The second kappa shape index (κ2) is 2.46. The SMILES string of the molecule is CC1=NC(=S)NC(=O)C1C. The summed E-state index contributed by atoms with van der Waals surface area (Å²) in [5.41, 5.74) is 0.786. The molecule has 0 saturated heterocycles. The smallest absolute Gasteiger partial charge is 0.234 e. The maximum Gasteiger partial charge on any atom is 0.234 e. The summed E-state index contributed by atoms with van der Waals surface area (Å²) in [6.07, 6.45) is 0. The van der Waals surface area contributed by atoms with Gasteiger partial charge >= 0.3 is 0 Å². The second-order valence-electron chi connectivity index (χ2n) is 2.27. The van der Waals surface area contributed by atoms with Crippen molar-refractivity contribution in [1.29, 1.82) is 0 Å². The van der Waals surface area contributed by atoms with Crippen molar-refractivity contribution in [3.63, 3.8) is 0 Å². The number of nitrogens with zero attached hydrogens (tertiary/aromatic N) is 1. The summed E-state index contributed by atoms with van der Waals surface area (Å²) >= 11 is 4.69. The van der Waals surface area contributed by atoms with Crippen molar-refractivity contribution in [3.05, 3.63) is 0 Å². The van der Waals surface area contributed by atoms with E-state index in [1.807, 2.05) is 0 Å². The van der Waals surface area contributed by atoms with Crippen molar-refractivity contribution < 1.29 is 4.79 Å². The number of nitrogens with one attached hydrogen (secondary N) is 1. The van der Waals surface area contributed by atoms with Gasteiger partial charge in [0.15, 0.2) is 5.11 Å². The number of aliphatic imine (C=N–C) groups is 1. The first-order valence-corrected chi connectivity index (χ1v) is 3.42. The summed E-state index contributed by atoms with van der Waals surface area (Å²) in [4.78, 5) is 14.9. The highest BCUT2D eigenvalue weighted by Gasteiger charge is 2.21. The van der Waals surface area contributed by atoms with Gasteiger partial charge in [0.1, 0.15) is 0 Å². The fraction of sp³-hybridized carbons (Fsp3) is 0.500. The van der Waals surface area contributed by atoms with Gasteiger partial charge in [0, 0.05) is 5.71 Å². The van der Waals surface area contributed by atoms with Crippen LogP contribution in [0.1, 0.15) is 13.8 Å². The number of hydrogen-bond donors (Lipinski definition) is 1. The van der Waals surface area contributed by atoms with Crippen LogP contribution in [0.2, 0.25) is 0 Å². The molecule has 54 valence electrons. The standard InChI is InChI=1S/C6H8N2OS/c1-3-4(2)7-6(10)8-5(3)9/h3H,1-2H3,(H,8,9,10). The number of carbonyl (C=O) groups excluding carboxylic acids is 1. The molecule has 0 aromatic rings. The molecule has 1 heterocycles. The van der Waals surface area contributed by atoms with E-state index in [0.29, 0.717) is 0 Å². The van der Waals surface area contributed by atoms with E-state index in [1.54, 1.807) is 13.8 Å². The zero-order valence-corrected chi connectivity index (χ0v) is 6.66. The van der Waals surface area contributed by atoms with Crippen LogP contribution < -0.4 is 5.32 Å². The van der Waals surface area contributed by atoms with Crippen LogP contribution in [0.4, 0.5) is 0 Å². The Kier molecular flexibility index (Phi) is 1.80. The predicted molar refractivity (Wildman–Crippen MR) is 43.0 cm³/mol. The van der Waals surface area contributed by atoms with E-state index in [1.165, 1.54) is 0 Å². The maximum atomic E-state index is 10.9. The van der Waals surface area contributed by atoms with E-state index >= 15 is 0 Å². The Morgan fingerprint density at radius 2 is 2.30 bits per heavy atom. The van der Waals surface area contributed by atoms with Crippen molar-refractivity contribution in [3.8, 4) is 0 Å². The molecule has 0 aliphatic carbocycles. The first-order chi connectivity index (χ1) is 4.61. The molecule has 1 N–H and O–H groups in total. The quantitative estimate of drug-likeness (QED) is 0.519. The van der Waals surface area contributed by atoms with Gasteiger partial charge in [-0.15, -0.1) is 0 Å². The maximum absolute atomic E-state index is 10.9. The first-order valence-electron chi connectivity index (χ1n) is 3.01. The Labute approximate surface area is 64.5 Å². The number of rotatable bonds is 0. The predicted octanol–water partition coefficient (Wildman–Crippen LogP) is 0.498.